The number of ether oxygens (including phenoxy) is 1. The Hall–Kier alpha value is -2.98. The van der Waals surface area contributed by atoms with Crippen molar-refractivity contribution in [1.29, 1.82) is 0 Å². The van der Waals surface area contributed by atoms with E-state index in [-0.39, 0.29) is 11.9 Å². The molecule has 1 fully saturated rings. The summed E-state index contributed by atoms with van der Waals surface area (Å²) in [6.07, 6.45) is 1.71. The zero-order valence-electron chi connectivity index (χ0n) is 14.4. The molecule has 1 aromatic carbocycles. The first-order valence-corrected chi connectivity index (χ1v) is 9.35. The lowest BCUT2D eigenvalue weighted by molar-refractivity contribution is 0.102. The quantitative estimate of drug-likeness (QED) is 0.679. The van der Waals surface area contributed by atoms with Gasteiger partial charge in [-0.1, -0.05) is 17.4 Å². The van der Waals surface area contributed by atoms with Crippen LogP contribution in [-0.2, 0) is 4.74 Å². The van der Waals surface area contributed by atoms with Gasteiger partial charge < -0.3 is 10.1 Å². The van der Waals surface area contributed by atoms with Gasteiger partial charge in [0.25, 0.3) is 5.91 Å². The molecule has 1 aliphatic rings. The van der Waals surface area contributed by atoms with Gasteiger partial charge >= 0.3 is 0 Å². The topological polar surface area (TPSA) is 89.0 Å². The molecule has 7 nitrogen and oxygen atoms in total. The summed E-state index contributed by atoms with van der Waals surface area (Å²) in [7, 11) is 0. The van der Waals surface area contributed by atoms with Gasteiger partial charge in [-0.25, -0.2) is 13.8 Å². The molecule has 0 spiro atoms. The van der Waals surface area contributed by atoms with E-state index in [1.165, 1.54) is 29.1 Å². The molecule has 3 aromatic rings. The summed E-state index contributed by atoms with van der Waals surface area (Å²) in [5.41, 5.74) is 2.45. The van der Waals surface area contributed by atoms with Crippen LogP contribution >= 0.6 is 11.3 Å². The summed E-state index contributed by atoms with van der Waals surface area (Å²) in [5.74, 6) is -1.58. The van der Waals surface area contributed by atoms with Crippen molar-refractivity contribution in [3.8, 4) is 0 Å². The van der Waals surface area contributed by atoms with Crippen molar-refractivity contribution in [3.63, 3.8) is 0 Å². The summed E-state index contributed by atoms with van der Waals surface area (Å²) >= 11 is 1.22. The minimum atomic E-state index is -0.907. The van der Waals surface area contributed by atoms with Gasteiger partial charge in [0.2, 0.25) is 5.13 Å². The van der Waals surface area contributed by atoms with E-state index in [0.29, 0.717) is 35.1 Å². The molecule has 3 heterocycles. The van der Waals surface area contributed by atoms with Gasteiger partial charge in [-0.05, 0) is 36.2 Å². The number of pyridine rings is 1. The number of rotatable bonds is 5. The second kappa shape index (κ2) is 7.95. The Balaban J connectivity index is 1.43. The number of anilines is 2. The predicted molar refractivity (Wildman–Crippen MR) is 99.2 cm³/mol. The van der Waals surface area contributed by atoms with E-state index in [2.05, 4.69) is 25.8 Å². The number of carbonyl (C=O) groups is 1. The van der Waals surface area contributed by atoms with Gasteiger partial charge in [0, 0.05) is 12.8 Å². The third-order valence-corrected chi connectivity index (χ3v) is 4.91. The fourth-order valence-corrected chi connectivity index (χ4v) is 3.40. The first-order valence-electron chi connectivity index (χ1n) is 8.47. The molecular formula is C18H15F2N5O2S. The molecule has 0 aliphatic carbocycles. The van der Waals surface area contributed by atoms with Crippen LogP contribution in [0.3, 0.4) is 0 Å². The van der Waals surface area contributed by atoms with Crippen LogP contribution in [0.25, 0.3) is 0 Å². The molecule has 2 atom stereocenters. The van der Waals surface area contributed by atoms with Crippen LogP contribution in [0.1, 0.15) is 28.4 Å². The maximum absolute atomic E-state index is 13.5. The van der Waals surface area contributed by atoms with Gasteiger partial charge in [0.1, 0.15) is 17.4 Å². The second-order valence-electron chi connectivity index (χ2n) is 6.13. The van der Waals surface area contributed by atoms with E-state index in [9.17, 15) is 13.6 Å². The molecule has 28 heavy (non-hydrogen) atoms. The van der Waals surface area contributed by atoms with Crippen molar-refractivity contribution in [2.24, 2.45) is 0 Å². The fourth-order valence-electron chi connectivity index (χ4n) is 2.96. The van der Waals surface area contributed by atoms with Crippen molar-refractivity contribution >= 4 is 28.2 Å². The Bertz CT molecular complexity index is 969. The van der Waals surface area contributed by atoms with Crippen molar-refractivity contribution < 1.29 is 18.3 Å². The number of nitrogens with zero attached hydrogens (tertiary/aromatic N) is 3. The average Bonchev–Trinajstić information content (AvgIpc) is 3.37. The summed E-state index contributed by atoms with van der Waals surface area (Å²) in [5, 5.41) is 13.7. The Morgan fingerprint density at radius 2 is 2.11 bits per heavy atom. The Labute approximate surface area is 162 Å². The third-order valence-electron chi connectivity index (χ3n) is 4.30. The van der Waals surface area contributed by atoms with Crippen LogP contribution in [0.4, 0.5) is 19.7 Å². The molecule has 4 rings (SSSR count). The molecule has 2 N–H and O–H groups in total. The standard InChI is InChI=1S/C18H15F2N5O2S/c19-12-3-1-10(7-13(12)20)16-14(5-6-27-16)23-15-4-2-11(8-21-15)17(26)24-18-25-22-9-28-18/h1-4,7-9,14,16H,5-6H2,(H,21,23)(H,24,25,26). The summed E-state index contributed by atoms with van der Waals surface area (Å²) in [6.45, 7) is 0.490. The van der Waals surface area contributed by atoms with Crippen LogP contribution in [0.15, 0.2) is 42.0 Å². The number of aromatic nitrogens is 3. The first-order chi connectivity index (χ1) is 13.6. The lowest BCUT2D eigenvalue weighted by Crippen LogP contribution is -2.24. The number of benzene rings is 1. The average molecular weight is 403 g/mol. The number of hydrogen-bond donors (Lipinski definition) is 2. The van der Waals surface area contributed by atoms with Gasteiger partial charge in [-0.15, -0.1) is 10.2 Å². The molecule has 1 amide bonds. The van der Waals surface area contributed by atoms with Crippen LogP contribution in [0.5, 0.6) is 0 Å². The Kier molecular flexibility index (Phi) is 5.22. The Morgan fingerprint density at radius 3 is 2.82 bits per heavy atom. The molecule has 1 aliphatic heterocycles. The smallest absolute Gasteiger partial charge is 0.259 e. The van der Waals surface area contributed by atoms with Gasteiger partial charge in [-0.2, -0.15) is 0 Å². The van der Waals surface area contributed by atoms with Crippen LogP contribution in [0.2, 0.25) is 0 Å². The van der Waals surface area contributed by atoms with E-state index in [1.807, 2.05) is 0 Å². The van der Waals surface area contributed by atoms with Gasteiger partial charge in [-0.3, -0.25) is 10.1 Å². The van der Waals surface area contributed by atoms with Crippen LogP contribution in [-0.4, -0.2) is 33.7 Å². The molecule has 1 saturated heterocycles. The number of nitrogens with one attached hydrogen (secondary N) is 2. The van der Waals surface area contributed by atoms with E-state index in [4.69, 9.17) is 4.74 Å². The molecule has 0 bridgehead atoms. The summed E-state index contributed by atoms with van der Waals surface area (Å²) in [6, 6.07) is 6.90. The van der Waals surface area contributed by atoms with Gasteiger partial charge in [0.15, 0.2) is 11.6 Å². The highest BCUT2D eigenvalue weighted by Gasteiger charge is 2.30. The zero-order valence-corrected chi connectivity index (χ0v) is 15.2. The summed E-state index contributed by atoms with van der Waals surface area (Å²) in [4.78, 5) is 16.4. The van der Waals surface area contributed by atoms with Crippen molar-refractivity contribution in [1.82, 2.24) is 15.2 Å². The van der Waals surface area contributed by atoms with Gasteiger partial charge in [0.05, 0.1) is 11.6 Å². The Morgan fingerprint density at radius 1 is 1.21 bits per heavy atom. The SMILES string of the molecule is O=C(Nc1nncs1)c1ccc(NC2CCOC2c2ccc(F)c(F)c2)nc1. The van der Waals surface area contributed by atoms with Crippen molar-refractivity contribution in [3.05, 3.63) is 64.8 Å². The highest BCUT2D eigenvalue weighted by molar-refractivity contribution is 7.13. The summed E-state index contributed by atoms with van der Waals surface area (Å²) < 4.78 is 32.4. The van der Waals surface area contributed by atoms with Crippen molar-refractivity contribution in [2.45, 2.75) is 18.6 Å². The van der Waals surface area contributed by atoms with Crippen LogP contribution < -0.4 is 10.6 Å². The number of amides is 1. The van der Waals surface area contributed by atoms with E-state index < -0.39 is 17.7 Å². The molecule has 2 aromatic heterocycles. The van der Waals surface area contributed by atoms with E-state index in [1.54, 1.807) is 12.1 Å². The second-order valence-corrected chi connectivity index (χ2v) is 6.97. The maximum atomic E-state index is 13.5. The predicted octanol–water partition coefficient (Wildman–Crippen LogP) is 3.41. The minimum absolute atomic E-state index is 0.154. The minimum Gasteiger partial charge on any atom is -0.371 e. The molecule has 0 saturated carbocycles. The number of halogens is 2. The zero-order chi connectivity index (χ0) is 19.5. The van der Waals surface area contributed by atoms with Crippen LogP contribution in [0, 0.1) is 11.6 Å². The molecule has 0 radical (unpaired) electrons. The molecule has 144 valence electrons. The number of carbonyl (C=O) groups excluding carboxylic acids is 1. The molecule has 2 unspecified atom stereocenters. The monoisotopic (exact) mass is 403 g/mol. The lowest BCUT2D eigenvalue weighted by atomic mass is 10.0. The highest BCUT2D eigenvalue weighted by atomic mass is 32.1. The van der Waals surface area contributed by atoms with E-state index in [0.717, 1.165) is 12.1 Å². The lowest BCUT2D eigenvalue weighted by Gasteiger charge is -2.21. The normalized spacial score (nSPS) is 18.8. The fraction of sp³-hybridized carbons (Fsp3) is 0.222. The molecule has 10 heteroatoms. The number of hydrogen-bond acceptors (Lipinski definition) is 7. The maximum Gasteiger partial charge on any atom is 0.259 e. The third kappa shape index (κ3) is 3.97. The largest absolute Gasteiger partial charge is 0.371 e. The first kappa shape index (κ1) is 18.4. The highest BCUT2D eigenvalue weighted by Crippen LogP contribution is 2.32. The molecular weight excluding hydrogens is 388 g/mol. The van der Waals surface area contributed by atoms with Crippen molar-refractivity contribution in [2.75, 3.05) is 17.2 Å². The van der Waals surface area contributed by atoms with E-state index >= 15 is 0 Å².